The van der Waals surface area contributed by atoms with E-state index in [4.69, 9.17) is 4.74 Å². The molecule has 174 valence electrons. The number of ketones is 1. The van der Waals surface area contributed by atoms with Crippen LogP contribution in [-0.4, -0.2) is 82.3 Å². The smallest absolute Gasteiger partial charge is 0.195 e. The van der Waals surface area contributed by atoms with Gasteiger partial charge in [0, 0.05) is 23.2 Å². The lowest BCUT2D eigenvalue weighted by atomic mass is 9.52. The van der Waals surface area contributed by atoms with E-state index in [0.29, 0.717) is 11.5 Å². The highest BCUT2D eigenvalue weighted by molar-refractivity contribution is 5.89. The van der Waals surface area contributed by atoms with Gasteiger partial charge < -0.3 is 25.0 Å². The number of anilines is 1. The molecule has 4 fully saturated rings. The SMILES string of the molecule is CC[C@]12CCCN3CC[C@]4(c5ccccc5N([C@H]5O[C@H](CO)C(=O)[C@@H](O)[C@H]5O)[C@@H]4CC1)[C@H]32. The van der Waals surface area contributed by atoms with E-state index in [9.17, 15) is 20.1 Å². The minimum absolute atomic E-state index is 0.0462. The topological polar surface area (TPSA) is 93.5 Å². The fourth-order valence-electron chi connectivity index (χ4n) is 8.32. The largest absolute Gasteiger partial charge is 0.393 e. The minimum atomic E-state index is -1.55. The summed E-state index contributed by atoms with van der Waals surface area (Å²) in [5, 5.41) is 31.2. The Morgan fingerprint density at radius 2 is 1.97 bits per heavy atom. The van der Waals surface area contributed by atoms with Gasteiger partial charge >= 0.3 is 0 Å². The number of para-hydroxylation sites is 1. The molecule has 0 radical (unpaired) electrons. The molecule has 7 heteroatoms. The number of carbonyl (C=O) groups is 1. The third kappa shape index (κ3) is 2.46. The van der Waals surface area contributed by atoms with Gasteiger partial charge in [0.2, 0.25) is 0 Å². The number of benzene rings is 1. The van der Waals surface area contributed by atoms with Crippen LogP contribution in [0.15, 0.2) is 24.3 Å². The molecule has 1 saturated carbocycles. The zero-order valence-electron chi connectivity index (χ0n) is 18.7. The Hall–Kier alpha value is -1.51. The van der Waals surface area contributed by atoms with Gasteiger partial charge in [-0.3, -0.25) is 9.69 Å². The number of piperidine rings is 1. The Bertz CT molecular complexity index is 921. The molecule has 5 aliphatic rings. The monoisotopic (exact) mass is 442 g/mol. The molecule has 3 N–H and O–H groups in total. The molecule has 0 aromatic heterocycles. The summed E-state index contributed by atoms with van der Waals surface area (Å²) in [6.07, 6.45) is 2.02. The Kier molecular flexibility index (Phi) is 4.76. The van der Waals surface area contributed by atoms with Crippen molar-refractivity contribution in [2.45, 2.75) is 87.5 Å². The molecule has 6 rings (SSSR count). The van der Waals surface area contributed by atoms with Crippen molar-refractivity contribution < 1.29 is 24.9 Å². The molecule has 0 bridgehead atoms. The van der Waals surface area contributed by atoms with Crippen molar-refractivity contribution in [3.63, 3.8) is 0 Å². The number of rotatable bonds is 3. The van der Waals surface area contributed by atoms with Crippen LogP contribution in [0.1, 0.15) is 51.0 Å². The summed E-state index contributed by atoms with van der Waals surface area (Å²) in [4.78, 5) is 17.2. The fraction of sp³-hybridized carbons (Fsp3) is 0.720. The van der Waals surface area contributed by atoms with Crippen molar-refractivity contribution >= 4 is 11.5 Å². The summed E-state index contributed by atoms with van der Waals surface area (Å²) in [7, 11) is 0. The van der Waals surface area contributed by atoms with E-state index in [1.54, 1.807) is 0 Å². The van der Waals surface area contributed by atoms with E-state index in [-0.39, 0.29) is 11.5 Å². The number of hydrogen-bond acceptors (Lipinski definition) is 7. The molecule has 1 spiro atoms. The molecule has 1 aliphatic carbocycles. The van der Waals surface area contributed by atoms with Gasteiger partial charge in [0.15, 0.2) is 12.0 Å². The number of fused-ring (bicyclic) bond motifs is 1. The van der Waals surface area contributed by atoms with E-state index in [0.717, 1.165) is 38.0 Å². The van der Waals surface area contributed by atoms with E-state index >= 15 is 0 Å². The fourth-order valence-corrected chi connectivity index (χ4v) is 8.32. The first kappa shape index (κ1) is 21.1. The summed E-state index contributed by atoms with van der Waals surface area (Å²) in [6, 6.07) is 9.04. The predicted molar refractivity (Wildman–Crippen MR) is 118 cm³/mol. The molecule has 0 amide bonds. The summed E-state index contributed by atoms with van der Waals surface area (Å²) in [6.45, 7) is 4.07. The van der Waals surface area contributed by atoms with Crippen molar-refractivity contribution in [1.82, 2.24) is 4.90 Å². The molecular weight excluding hydrogens is 408 g/mol. The number of nitrogens with zero attached hydrogens (tertiary/aromatic N) is 2. The van der Waals surface area contributed by atoms with Gasteiger partial charge in [-0.15, -0.1) is 0 Å². The van der Waals surface area contributed by atoms with Gasteiger partial charge in [-0.1, -0.05) is 25.1 Å². The van der Waals surface area contributed by atoms with Crippen molar-refractivity contribution in [3.05, 3.63) is 29.8 Å². The molecule has 1 aromatic carbocycles. The van der Waals surface area contributed by atoms with Crippen molar-refractivity contribution in [2.24, 2.45) is 5.41 Å². The molecule has 0 unspecified atom stereocenters. The average Bonchev–Trinajstić information content (AvgIpc) is 3.36. The number of aliphatic hydroxyl groups is 3. The first-order valence-electron chi connectivity index (χ1n) is 12.3. The number of hydrogen-bond donors (Lipinski definition) is 3. The second kappa shape index (κ2) is 7.24. The van der Waals surface area contributed by atoms with Crippen LogP contribution in [0.25, 0.3) is 0 Å². The minimum Gasteiger partial charge on any atom is -0.393 e. The first-order chi connectivity index (χ1) is 15.5. The van der Waals surface area contributed by atoms with E-state index < -0.39 is 36.9 Å². The van der Waals surface area contributed by atoms with Crippen LogP contribution in [0, 0.1) is 5.41 Å². The van der Waals surface area contributed by atoms with Crippen LogP contribution in [0.4, 0.5) is 5.69 Å². The Morgan fingerprint density at radius 3 is 2.75 bits per heavy atom. The molecule has 4 heterocycles. The van der Waals surface area contributed by atoms with Gasteiger partial charge in [-0.25, -0.2) is 0 Å². The van der Waals surface area contributed by atoms with Gasteiger partial charge in [0.1, 0.15) is 18.3 Å². The van der Waals surface area contributed by atoms with E-state index in [1.807, 2.05) is 6.07 Å². The van der Waals surface area contributed by atoms with Crippen LogP contribution >= 0.6 is 0 Å². The quantitative estimate of drug-likeness (QED) is 0.647. The number of Topliss-reactive ketones (excluding diaryl/α,β-unsaturated/α-hetero) is 1. The zero-order chi connectivity index (χ0) is 22.3. The summed E-state index contributed by atoms with van der Waals surface area (Å²) in [5.41, 5.74) is 2.62. The van der Waals surface area contributed by atoms with Gasteiger partial charge in [0.05, 0.1) is 6.61 Å². The highest BCUT2D eigenvalue weighted by atomic mass is 16.5. The second-order valence-electron chi connectivity index (χ2n) is 10.6. The van der Waals surface area contributed by atoms with Crippen LogP contribution in [0.5, 0.6) is 0 Å². The molecular formula is C25H34N2O5. The molecule has 32 heavy (non-hydrogen) atoms. The maximum atomic E-state index is 12.3. The van der Waals surface area contributed by atoms with Crippen LogP contribution in [0.3, 0.4) is 0 Å². The molecule has 4 aliphatic heterocycles. The lowest BCUT2D eigenvalue weighted by Crippen LogP contribution is -2.68. The van der Waals surface area contributed by atoms with E-state index in [1.165, 1.54) is 24.8 Å². The predicted octanol–water partition coefficient (Wildman–Crippen LogP) is 1.18. The molecule has 1 aromatic rings. The number of aliphatic hydroxyl groups excluding tert-OH is 3. The maximum Gasteiger partial charge on any atom is 0.195 e. The summed E-state index contributed by atoms with van der Waals surface area (Å²) in [5.74, 6) is -0.647. The third-order valence-corrected chi connectivity index (χ3v) is 9.57. The van der Waals surface area contributed by atoms with Gasteiger partial charge in [0.25, 0.3) is 0 Å². The third-order valence-electron chi connectivity index (χ3n) is 9.57. The Balaban J connectivity index is 1.49. The van der Waals surface area contributed by atoms with Crippen molar-refractivity contribution in [3.8, 4) is 0 Å². The normalized spacial score (nSPS) is 45.5. The highest BCUT2D eigenvalue weighted by Crippen LogP contribution is 2.65. The van der Waals surface area contributed by atoms with Crippen LogP contribution < -0.4 is 4.90 Å². The highest BCUT2D eigenvalue weighted by Gasteiger charge is 2.69. The van der Waals surface area contributed by atoms with E-state index in [2.05, 4.69) is 34.9 Å². The summed E-state index contributed by atoms with van der Waals surface area (Å²) >= 11 is 0. The molecule has 8 atom stereocenters. The lowest BCUT2D eigenvalue weighted by molar-refractivity contribution is -0.188. The van der Waals surface area contributed by atoms with Crippen molar-refractivity contribution in [2.75, 3.05) is 24.6 Å². The maximum absolute atomic E-state index is 12.3. The Labute approximate surface area is 189 Å². The van der Waals surface area contributed by atoms with Crippen molar-refractivity contribution in [1.29, 1.82) is 0 Å². The molecule has 3 saturated heterocycles. The zero-order valence-corrected chi connectivity index (χ0v) is 18.7. The lowest BCUT2D eigenvalue weighted by Gasteiger charge is -2.59. The van der Waals surface area contributed by atoms with Crippen LogP contribution in [-0.2, 0) is 14.9 Å². The van der Waals surface area contributed by atoms with Gasteiger partial charge in [-0.05, 0) is 68.7 Å². The molecule has 7 nitrogen and oxygen atoms in total. The Morgan fingerprint density at radius 1 is 1.16 bits per heavy atom. The average molecular weight is 443 g/mol. The second-order valence-corrected chi connectivity index (χ2v) is 10.6. The first-order valence-corrected chi connectivity index (χ1v) is 12.3. The standard InChI is InChI=1S/C25H34N2O5/c1-2-24-9-5-12-26-13-11-25(23(24)26)15-6-3-4-7-16(15)27(18(25)8-10-24)22-21(31)20(30)19(29)17(14-28)32-22/h3-4,6-7,17-18,20-23,28,30-31H,2,5,8-14H2,1H3/t17-,18-,20-,21-,22+,23-,24+,25-/m1/s1. The number of ether oxygens (including phenoxy) is 1. The number of carbonyl (C=O) groups excluding carboxylic acids is 1. The van der Waals surface area contributed by atoms with Gasteiger partial charge in [-0.2, -0.15) is 0 Å². The van der Waals surface area contributed by atoms with Crippen LogP contribution in [0.2, 0.25) is 0 Å². The summed E-state index contributed by atoms with van der Waals surface area (Å²) < 4.78 is 6.01.